The van der Waals surface area contributed by atoms with Crippen LogP contribution in [0.5, 0.6) is 11.5 Å². The van der Waals surface area contributed by atoms with Gasteiger partial charge in [0.2, 0.25) is 0 Å². The Labute approximate surface area is 453 Å². The first-order chi connectivity index (χ1) is 36.5. The Morgan fingerprint density at radius 1 is 0.416 bits per heavy atom. The van der Waals surface area contributed by atoms with Gasteiger partial charge in [0.15, 0.2) is 0 Å². The third-order valence-corrected chi connectivity index (χ3v) is 15.2. The summed E-state index contributed by atoms with van der Waals surface area (Å²) in [6.45, 7) is 27.2. The van der Waals surface area contributed by atoms with Gasteiger partial charge in [-0.2, -0.15) is 0 Å². The number of pyridine rings is 1. The number of para-hydroxylation sites is 3. The number of fused-ring (bicyclic) bond motifs is 4. The van der Waals surface area contributed by atoms with Gasteiger partial charge < -0.3 is 14.5 Å². The lowest BCUT2D eigenvalue weighted by Crippen LogP contribution is -2.25. The summed E-state index contributed by atoms with van der Waals surface area (Å²) in [4.78, 5) is 9.59. The Balaban J connectivity index is 1.10. The first-order valence-electron chi connectivity index (χ1n) is 26.8. The number of nitrogens with zero attached hydrogens (tertiary/aromatic N) is 4. The van der Waals surface area contributed by atoms with Crippen molar-refractivity contribution in [2.75, 3.05) is 16.5 Å². The zero-order valence-electron chi connectivity index (χ0n) is 46.5. The number of benzene rings is 8. The van der Waals surface area contributed by atoms with Gasteiger partial charge in [0.25, 0.3) is 0 Å². The molecule has 0 bridgehead atoms. The third kappa shape index (κ3) is 9.89. The van der Waals surface area contributed by atoms with Crippen LogP contribution in [0.15, 0.2) is 182 Å². The van der Waals surface area contributed by atoms with E-state index in [2.05, 4.69) is 249 Å². The molecule has 2 aromatic heterocycles. The Morgan fingerprint density at radius 3 is 1.61 bits per heavy atom. The fraction of sp³-hybridized carbons (Fsp3) is 0.243. The van der Waals surface area contributed by atoms with E-state index in [9.17, 15) is 0 Å². The van der Waals surface area contributed by atoms with Gasteiger partial charge in [0.05, 0.1) is 28.1 Å². The number of rotatable bonds is 8. The molecule has 1 aliphatic rings. The molecule has 0 radical (unpaired) electrons. The van der Waals surface area contributed by atoms with E-state index in [-0.39, 0.29) is 21.7 Å². The highest BCUT2D eigenvalue weighted by Crippen LogP contribution is 2.53. The Bertz CT molecular complexity index is 3850. The van der Waals surface area contributed by atoms with Crippen LogP contribution >= 0.6 is 0 Å². The van der Waals surface area contributed by atoms with Gasteiger partial charge in [-0.15, -0.1) is 0 Å². The molecule has 0 atom stereocenters. The van der Waals surface area contributed by atoms with Gasteiger partial charge in [-0.1, -0.05) is 162 Å². The van der Waals surface area contributed by atoms with E-state index in [1.807, 2.05) is 12.3 Å². The van der Waals surface area contributed by atoms with Crippen molar-refractivity contribution in [3.63, 3.8) is 0 Å². The molecule has 10 aromatic rings. The minimum absolute atomic E-state index is 0.0601. The highest BCUT2D eigenvalue weighted by molar-refractivity contribution is 6.09. The zero-order chi connectivity index (χ0) is 54.3. The van der Waals surface area contributed by atoms with Crippen LogP contribution in [0, 0.1) is 11.6 Å². The van der Waals surface area contributed by atoms with Crippen molar-refractivity contribution in [2.24, 2.45) is 0 Å². The lowest BCUT2D eigenvalue weighted by molar-refractivity contribution is 0.483. The smallest absolute Gasteiger partial charge is 0.137 e. The molecule has 5 nitrogen and oxygen atoms in total. The topological polar surface area (TPSA) is 33.5 Å². The molecule has 0 amide bonds. The number of hydrogen-bond donors (Lipinski definition) is 0. The Morgan fingerprint density at radius 2 is 0.974 bits per heavy atom. The molecule has 11 rings (SSSR count). The zero-order valence-corrected chi connectivity index (χ0v) is 46.5. The van der Waals surface area contributed by atoms with Crippen molar-refractivity contribution in [2.45, 2.75) is 105 Å². The summed E-state index contributed by atoms with van der Waals surface area (Å²) in [7, 11) is 0. The number of ether oxygens (including phenoxy) is 1. The molecular formula is C70H68F2N4O. The summed E-state index contributed by atoms with van der Waals surface area (Å²) in [6, 6.07) is 59.7. The highest BCUT2D eigenvalue weighted by atomic mass is 19.1. The van der Waals surface area contributed by atoms with Gasteiger partial charge >= 0.3 is 0 Å². The predicted molar refractivity (Wildman–Crippen MR) is 318 cm³/mol. The standard InChI is InChI=1S/C70H68F2N4O/c1-67(2,3)48-28-29-73-65(39-48)76-61-23-17-16-22-57(61)58-27-26-55(42-64(58)76)77-56-35-45(44-20-14-13-15-21-44)34-54(41-56)74-43-75(63-25-19-18-24-62(63)74)66-59(46-30-49(68(4,5)6)36-50(31-46)69(7,8)9)37-51(70(10,11)12)38-60(66)47-32-52(71)40-53(72)33-47/h13-42H,43H2,1-12H3. The second kappa shape index (κ2) is 18.9. The summed E-state index contributed by atoms with van der Waals surface area (Å²) >= 11 is 0. The number of halogens is 2. The van der Waals surface area contributed by atoms with Gasteiger partial charge in [0, 0.05) is 52.0 Å². The third-order valence-electron chi connectivity index (χ3n) is 15.2. The monoisotopic (exact) mass is 1020 g/mol. The summed E-state index contributed by atoms with van der Waals surface area (Å²) in [5, 5.41) is 2.25. The highest BCUT2D eigenvalue weighted by Gasteiger charge is 2.34. The van der Waals surface area contributed by atoms with Crippen LogP contribution < -0.4 is 14.5 Å². The molecule has 0 spiro atoms. The fourth-order valence-corrected chi connectivity index (χ4v) is 10.8. The van der Waals surface area contributed by atoms with E-state index in [0.29, 0.717) is 23.7 Å². The maximum atomic E-state index is 15.6. The van der Waals surface area contributed by atoms with Crippen LogP contribution in [0.3, 0.4) is 0 Å². The van der Waals surface area contributed by atoms with E-state index in [1.165, 1.54) is 28.8 Å². The number of anilines is 4. The molecule has 3 heterocycles. The van der Waals surface area contributed by atoms with Crippen molar-refractivity contribution >= 4 is 44.6 Å². The van der Waals surface area contributed by atoms with Crippen molar-refractivity contribution in [1.82, 2.24) is 9.55 Å². The second-order valence-electron chi connectivity index (χ2n) is 25.0. The average Bonchev–Trinajstić information content (AvgIpc) is 3.99. The molecular weight excluding hydrogens is 951 g/mol. The van der Waals surface area contributed by atoms with Gasteiger partial charge in [-0.3, -0.25) is 4.57 Å². The Kier molecular flexibility index (Phi) is 12.5. The minimum atomic E-state index is -0.626. The van der Waals surface area contributed by atoms with Crippen LogP contribution in [-0.4, -0.2) is 16.2 Å². The molecule has 77 heavy (non-hydrogen) atoms. The SMILES string of the molecule is CC(C)(C)c1cc(-c2cc(C(C)(C)C)cc(-c3cc(F)cc(F)c3)c2N2CN(c3cc(Oc4ccc5c6ccccc6n(-c6cc(C(C)(C)C)ccn6)c5c4)cc(-c4ccccc4)c3)c3ccccc32)cc(C(C)(C)C)c1. The maximum absolute atomic E-state index is 15.6. The molecule has 388 valence electrons. The first kappa shape index (κ1) is 51.1. The van der Waals surface area contributed by atoms with Gasteiger partial charge in [-0.05, 0) is 145 Å². The van der Waals surface area contributed by atoms with Crippen molar-refractivity contribution < 1.29 is 13.5 Å². The first-order valence-corrected chi connectivity index (χ1v) is 26.8. The number of hydrogen-bond acceptors (Lipinski definition) is 4. The summed E-state index contributed by atoms with van der Waals surface area (Å²) in [5.41, 5.74) is 15.1. The van der Waals surface area contributed by atoms with E-state index >= 15 is 8.78 Å². The molecule has 0 N–H and O–H groups in total. The fourth-order valence-electron chi connectivity index (χ4n) is 10.8. The summed E-state index contributed by atoms with van der Waals surface area (Å²) in [5.74, 6) is 0.964. The van der Waals surface area contributed by atoms with E-state index in [4.69, 9.17) is 9.72 Å². The van der Waals surface area contributed by atoms with Crippen LogP contribution in [0.25, 0.3) is 61.0 Å². The molecule has 7 heteroatoms. The molecule has 1 aliphatic heterocycles. The quantitative estimate of drug-likeness (QED) is 0.152. The van der Waals surface area contributed by atoms with Crippen molar-refractivity contribution in [3.05, 3.63) is 216 Å². The largest absolute Gasteiger partial charge is 0.457 e. The lowest BCUT2D eigenvalue weighted by atomic mass is 9.77. The van der Waals surface area contributed by atoms with Crippen LogP contribution in [0.2, 0.25) is 0 Å². The summed E-state index contributed by atoms with van der Waals surface area (Å²) < 4.78 is 40.6. The van der Waals surface area contributed by atoms with Crippen LogP contribution in [0.1, 0.15) is 105 Å². The van der Waals surface area contributed by atoms with Gasteiger partial charge in [-0.25, -0.2) is 13.8 Å². The summed E-state index contributed by atoms with van der Waals surface area (Å²) in [6.07, 6.45) is 1.91. The molecule has 0 fully saturated rings. The van der Waals surface area contributed by atoms with E-state index < -0.39 is 11.6 Å². The lowest BCUT2D eigenvalue weighted by Gasteiger charge is -2.32. The second-order valence-corrected chi connectivity index (χ2v) is 25.0. The van der Waals surface area contributed by atoms with Crippen molar-refractivity contribution in [1.29, 1.82) is 0 Å². The number of aromatic nitrogens is 2. The normalized spacial score (nSPS) is 13.2. The molecule has 0 aliphatic carbocycles. The van der Waals surface area contributed by atoms with E-state index in [0.717, 1.165) is 89.8 Å². The molecule has 8 aromatic carbocycles. The van der Waals surface area contributed by atoms with Crippen LogP contribution in [-0.2, 0) is 21.7 Å². The van der Waals surface area contributed by atoms with Crippen molar-refractivity contribution in [3.8, 4) is 50.7 Å². The average molecular weight is 1020 g/mol. The molecule has 0 unspecified atom stereocenters. The van der Waals surface area contributed by atoms with E-state index in [1.54, 1.807) is 0 Å². The minimum Gasteiger partial charge on any atom is -0.457 e. The maximum Gasteiger partial charge on any atom is 0.137 e. The molecule has 0 saturated carbocycles. The predicted octanol–water partition coefficient (Wildman–Crippen LogP) is 19.7. The van der Waals surface area contributed by atoms with Crippen LogP contribution in [0.4, 0.5) is 31.5 Å². The Hall–Kier alpha value is -8.03. The van der Waals surface area contributed by atoms with Gasteiger partial charge in [0.1, 0.15) is 35.6 Å². The molecule has 0 saturated heterocycles.